The lowest BCUT2D eigenvalue weighted by Gasteiger charge is -2.25. The van der Waals surface area contributed by atoms with Crippen molar-refractivity contribution in [2.45, 2.75) is 57.5 Å². The summed E-state index contributed by atoms with van der Waals surface area (Å²) >= 11 is 4.15. The first-order valence-electron chi connectivity index (χ1n) is 9.34. The van der Waals surface area contributed by atoms with Gasteiger partial charge in [-0.1, -0.05) is 54.6 Å². The van der Waals surface area contributed by atoms with Gasteiger partial charge in [0.05, 0.1) is 14.7 Å². The van der Waals surface area contributed by atoms with Crippen LogP contribution in [0.2, 0.25) is 0 Å². The SMILES string of the molecule is CCCCSc1nnc(Sc2ccc(S(=O)(=O)N3CCCCC3)cc2[N+](=O)[O-])s1. The third kappa shape index (κ3) is 5.69. The quantitative estimate of drug-likeness (QED) is 0.223. The fraction of sp³-hybridized carbons (Fsp3) is 0.529. The van der Waals surface area contributed by atoms with Gasteiger partial charge in [-0.3, -0.25) is 10.1 Å². The average molecular weight is 475 g/mol. The molecule has 0 radical (unpaired) electrons. The minimum atomic E-state index is -3.73. The molecule has 0 unspecified atom stereocenters. The molecule has 0 spiro atoms. The van der Waals surface area contributed by atoms with Crippen LogP contribution >= 0.6 is 34.9 Å². The molecule has 0 bridgehead atoms. The number of nitro groups is 1. The monoisotopic (exact) mass is 474 g/mol. The van der Waals surface area contributed by atoms with E-state index in [-0.39, 0.29) is 10.6 Å². The number of sulfonamides is 1. The largest absolute Gasteiger partial charge is 0.284 e. The third-order valence-corrected chi connectivity index (χ3v) is 9.54. The molecule has 12 heteroatoms. The first-order valence-corrected chi connectivity index (χ1v) is 13.4. The van der Waals surface area contributed by atoms with Gasteiger partial charge in [-0.05, 0) is 31.4 Å². The van der Waals surface area contributed by atoms with Gasteiger partial charge >= 0.3 is 0 Å². The number of nitrogens with zero attached hydrogens (tertiary/aromatic N) is 4. The minimum absolute atomic E-state index is 0.0384. The van der Waals surface area contributed by atoms with Gasteiger partial charge in [0.1, 0.15) is 0 Å². The third-order valence-electron chi connectivity index (χ3n) is 4.39. The minimum Gasteiger partial charge on any atom is -0.258 e. The number of benzene rings is 1. The molecule has 0 aliphatic carbocycles. The first-order chi connectivity index (χ1) is 13.9. The molecule has 1 aromatic heterocycles. The number of thioether (sulfide) groups is 1. The summed E-state index contributed by atoms with van der Waals surface area (Å²) in [5.74, 6) is 0.957. The number of unbranched alkanes of at least 4 members (excludes halogenated alkanes) is 1. The lowest BCUT2D eigenvalue weighted by molar-refractivity contribution is -0.388. The van der Waals surface area contributed by atoms with Gasteiger partial charge in [-0.15, -0.1) is 10.2 Å². The van der Waals surface area contributed by atoms with E-state index in [1.54, 1.807) is 11.8 Å². The van der Waals surface area contributed by atoms with E-state index in [0.717, 1.165) is 60.0 Å². The van der Waals surface area contributed by atoms with Crippen LogP contribution in [-0.2, 0) is 10.0 Å². The van der Waals surface area contributed by atoms with Crippen LogP contribution in [0.25, 0.3) is 0 Å². The highest BCUT2D eigenvalue weighted by Crippen LogP contribution is 2.39. The fourth-order valence-electron chi connectivity index (χ4n) is 2.84. The van der Waals surface area contributed by atoms with Crippen molar-refractivity contribution in [3.8, 4) is 0 Å². The topological polar surface area (TPSA) is 106 Å². The summed E-state index contributed by atoms with van der Waals surface area (Å²) in [7, 11) is -3.73. The van der Waals surface area contributed by atoms with Crippen molar-refractivity contribution in [1.82, 2.24) is 14.5 Å². The molecular formula is C17H22N4O4S4. The summed E-state index contributed by atoms with van der Waals surface area (Å²) in [6.45, 7) is 3.03. The Morgan fingerprint density at radius 3 is 2.62 bits per heavy atom. The Bertz CT molecular complexity index is 958. The van der Waals surface area contributed by atoms with Crippen LogP contribution < -0.4 is 0 Å². The maximum absolute atomic E-state index is 12.8. The second-order valence-corrected chi connectivity index (χ2v) is 12.0. The van der Waals surface area contributed by atoms with Crippen molar-refractivity contribution < 1.29 is 13.3 Å². The average Bonchev–Trinajstić information content (AvgIpc) is 3.16. The number of hydrogen-bond donors (Lipinski definition) is 0. The molecule has 1 aliphatic heterocycles. The lowest BCUT2D eigenvalue weighted by Crippen LogP contribution is -2.35. The van der Waals surface area contributed by atoms with E-state index in [4.69, 9.17) is 0 Å². The molecule has 1 aromatic carbocycles. The van der Waals surface area contributed by atoms with E-state index in [1.165, 1.54) is 27.8 Å². The number of hydrogen-bond acceptors (Lipinski definition) is 9. The lowest BCUT2D eigenvalue weighted by atomic mass is 10.2. The summed E-state index contributed by atoms with van der Waals surface area (Å²) in [5, 5.41) is 19.8. The molecular weight excluding hydrogens is 452 g/mol. The molecule has 2 aromatic rings. The summed E-state index contributed by atoms with van der Waals surface area (Å²) < 4.78 is 28.5. The van der Waals surface area contributed by atoms with Gasteiger partial charge in [0.25, 0.3) is 5.69 Å². The normalized spacial score (nSPS) is 15.5. The second-order valence-electron chi connectivity index (χ2n) is 6.49. The van der Waals surface area contributed by atoms with Gasteiger partial charge < -0.3 is 0 Å². The molecule has 1 aliphatic rings. The van der Waals surface area contributed by atoms with Crippen LogP contribution in [0.3, 0.4) is 0 Å². The summed E-state index contributed by atoms with van der Waals surface area (Å²) in [6.07, 6.45) is 4.82. The Balaban J connectivity index is 1.80. The van der Waals surface area contributed by atoms with Crippen molar-refractivity contribution in [1.29, 1.82) is 0 Å². The van der Waals surface area contributed by atoms with E-state index in [0.29, 0.717) is 22.3 Å². The van der Waals surface area contributed by atoms with Gasteiger partial charge in [-0.25, -0.2) is 8.42 Å². The predicted molar refractivity (Wildman–Crippen MR) is 115 cm³/mol. The number of piperidine rings is 1. The van der Waals surface area contributed by atoms with E-state index in [2.05, 4.69) is 17.1 Å². The Morgan fingerprint density at radius 1 is 1.21 bits per heavy atom. The molecule has 0 atom stereocenters. The van der Waals surface area contributed by atoms with Crippen LogP contribution in [-0.4, -0.2) is 46.7 Å². The molecule has 8 nitrogen and oxygen atoms in total. The van der Waals surface area contributed by atoms with Crippen LogP contribution in [0.5, 0.6) is 0 Å². The van der Waals surface area contributed by atoms with Crippen molar-refractivity contribution in [2.75, 3.05) is 18.8 Å². The number of nitro benzene ring substituents is 1. The molecule has 0 saturated carbocycles. The molecule has 0 amide bonds. The van der Waals surface area contributed by atoms with Crippen LogP contribution in [0.4, 0.5) is 5.69 Å². The van der Waals surface area contributed by atoms with E-state index in [9.17, 15) is 18.5 Å². The standard InChI is InChI=1S/C17H22N4O4S4/c1-2-3-11-26-16-18-19-17(28-16)27-15-8-7-13(12-14(15)21(22)23)29(24,25)20-9-5-4-6-10-20/h7-8,12H,2-6,9-11H2,1H3. The van der Waals surface area contributed by atoms with Crippen LogP contribution in [0.1, 0.15) is 39.0 Å². The Kier molecular flexibility index (Phi) is 7.91. The maximum atomic E-state index is 12.8. The highest BCUT2D eigenvalue weighted by molar-refractivity contribution is 8.03. The first kappa shape index (κ1) is 22.5. The second kappa shape index (κ2) is 10.2. The zero-order chi connectivity index (χ0) is 20.9. The molecule has 0 N–H and O–H groups in total. The van der Waals surface area contributed by atoms with Crippen molar-refractivity contribution in [3.63, 3.8) is 0 Å². The predicted octanol–water partition coefficient (Wildman–Crippen LogP) is 4.66. The highest BCUT2D eigenvalue weighted by Gasteiger charge is 2.29. The Hall–Kier alpha value is -1.21. The van der Waals surface area contributed by atoms with Crippen molar-refractivity contribution in [2.24, 2.45) is 0 Å². The Labute approximate surface area is 182 Å². The zero-order valence-electron chi connectivity index (χ0n) is 15.9. The molecule has 1 saturated heterocycles. The van der Waals surface area contributed by atoms with E-state index < -0.39 is 14.9 Å². The van der Waals surface area contributed by atoms with E-state index >= 15 is 0 Å². The fourth-order valence-corrected chi connectivity index (χ4v) is 7.59. The van der Waals surface area contributed by atoms with Crippen molar-refractivity contribution in [3.05, 3.63) is 28.3 Å². The highest BCUT2D eigenvalue weighted by atomic mass is 32.2. The summed E-state index contributed by atoms with van der Waals surface area (Å²) in [6, 6.07) is 4.09. The molecule has 1 fully saturated rings. The van der Waals surface area contributed by atoms with Crippen LogP contribution in [0, 0.1) is 10.1 Å². The maximum Gasteiger partial charge on any atom is 0.284 e. The van der Waals surface area contributed by atoms with Crippen molar-refractivity contribution >= 4 is 50.6 Å². The van der Waals surface area contributed by atoms with E-state index in [1.807, 2.05) is 0 Å². The molecule has 29 heavy (non-hydrogen) atoms. The molecule has 2 heterocycles. The van der Waals surface area contributed by atoms with Gasteiger partial charge in [0, 0.05) is 24.9 Å². The van der Waals surface area contributed by atoms with Gasteiger partial charge in [-0.2, -0.15) is 4.31 Å². The van der Waals surface area contributed by atoms with Crippen LogP contribution in [0.15, 0.2) is 36.7 Å². The van der Waals surface area contributed by atoms with Gasteiger partial charge in [0.2, 0.25) is 10.0 Å². The number of aromatic nitrogens is 2. The molecule has 3 rings (SSSR count). The molecule has 158 valence electrons. The Morgan fingerprint density at radius 2 is 1.93 bits per heavy atom. The number of rotatable bonds is 9. The summed E-state index contributed by atoms with van der Waals surface area (Å²) in [5.41, 5.74) is -0.233. The smallest absolute Gasteiger partial charge is 0.258 e. The summed E-state index contributed by atoms with van der Waals surface area (Å²) in [4.78, 5) is 11.4. The van der Waals surface area contributed by atoms with Gasteiger partial charge in [0.15, 0.2) is 8.68 Å². The zero-order valence-corrected chi connectivity index (χ0v) is 19.2.